The zero-order valence-electron chi connectivity index (χ0n) is 10.2. The van der Waals surface area contributed by atoms with E-state index in [1.54, 1.807) is 11.6 Å². The lowest BCUT2D eigenvalue weighted by Gasteiger charge is -2.22. The van der Waals surface area contributed by atoms with E-state index in [4.69, 9.17) is 5.73 Å². The van der Waals surface area contributed by atoms with Gasteiger partial charge >= 0.3 is 0 Å². The van der Waals surface area contributed by atoms with Gasteiger partial charge in [0.1, 0.15) is 0 Å². The zero-order valence-corrected chi connectivity index (χ0v) is 10.2. The lowest BCUT2D eigenvalue weighted by Crippen LogP contribution is -2.51. The molecule has 0 saturated heterocycles. The van der Waals surface area contributed by atoms with Crippen LogP contribution < -0.4 is 11.1 Å². The van der Waals surface area contributed by atoms with Crippen molar-refractivity contribution in [1.82, 2.24) is 15.1 Å². The maximum Gasteiger partial charge on any atom is 0.240 e. The number of rotatable bonds is 5. The quantitative estimate of drug-likeness (QED) is 0.767. The van der Waals surface area contributed by atoms with Crippen LogP contribution in [0, 0.1) is 0 Å². The van der Waals surface area contributed by atoms with Gasteiger partial charge in [-0.05, 0) is 19.4 Å². The van der Waals surface area contributed by atoms with Gasteiger partial charge in [0.05, 0.1) is 17.8 Å². The Balaban J connectivity index is 2.46. The summed E-state index contributed by atoms with van der Waals surface area (Å²) in [6.07, 6.45) is 3.42. The fourth-order valence-electron chi connectivity index (χ4n) is 1.56. The number of aryl methyl sites for hydroxylation is 1. The maximum atomic E-state index is 11.8. The molecule has 0 fully saturated rings. The average Bonchev–Trinajstić information content (AvgIpc) is 2.60. The molecule has 0 aromatic carbocycles. The van der Waals surface area contributed by atoms with Crippen molar-refractivity contribution in [3.63, 3.8) is 0 Å². The summed E-state index contributed by atoms with van der Waals surface area (Å²) < 4.78 is 1.70. The van der Waals surface area contributed by atoms with Crippen molar-refractivity contribution < 1.29 is 4.79 Å². The summed E-state index contributed by atoms with van der Waals surface area (Å²) in [5, 5.41) is 6.97. The van der Waals surface area contributed by atoms with Crippen LogP contribution in [0.4, 0.5) is 0 Å². The molecule has 1 unspecified atom stereocenters. The normalized spacial score (nSPS) is 14.5. The number of carbonyl (C=O) groups is 1. The number of nitrogens with zero attached hydrogens (tertiary/aromatic N) is 2. The minimum absolute atomic E-state index is 0.125. The van der Waals surface area contributed by atoms with Crippen LogP contribution in [0.2, 0.25) is 0 Å². The second kappa shape index (κ2) is 5.12. The van der Waals surface area contributed by atoms with Crippen LogP contribution in [0.5, 0.6) is 0 Å². The van der Waals surface area contributed by atoms with Crippen molar-refractivity contribution in [1.29, 1.82) is 0 Å². The van der Waals surface area contributed by atoms with Gasteiger partial charge in [-0.3, -0.25) is 9.48 Å². The van der Waals surface area contributed by atoms with Gasteiger partial charge in [-0.25, -0.2) is 0 Å². The highest BCUT2D eigenvalue weighted by Gasteiger charge is 2.26. The molecule has 1 aromatic rings. The van der Waals surface area contributed by atoms with Gasteiger partial charge in [0.15, 0.2) is 0 Å². The molecule has 1 atom stereocenters. The third-order valence-corrected chi connectivity index (χ3v) is 2.49. The Hall–Kier alpha value is -1.36. The number of aromatic nitrogens is 2. The minimum Gasteiger partial charge on any atom is -0.349 e. The Labute approximate surface area is 96.0 Å². The highest BCUT2D eigenvalue weighted by atomic mass is 16.2. The number of carbonyl (C=O) groups excluding carboxylic acids is 1. The van der Waals surface area contributed by atoms with Gasteiger partial charge < -0.3 is 11.1 Å². The fraction of sp³-hybridized carbons (Fsp3) is 0.636. The van der Waals surface area contributed by atoms with E-state index >= 15 is 0 Å². The van der Waals surface area contributed by atoms with Gasteiger partial charge in [-0.15, -0.1) is 0 Å². The summed E-state index contributed by atoms with van der Waals surface area (Å²) in [7, 11) is 1.84. The Morgan fingerprint density at radius 2 is 2.38 bits per heavy atom. The van der Waals surface area contributed by atoms with Crippen molar-refractivity contribution >= 4 is 5.91 Å². The molecule has 0 radical (unpaired) electrons. The molecule has 0 aliphatic heterocycles. The number of nitrogens with two attached hydrogens (primary N) is 1. The standard InChI is InChI=1S/C11H20N4O/c1-4-6-11(2,12)10(16)13-8-9-5-7-15(3)14-9/h5,7H,4,6,8,12H2,1-3H3,(H,13,16). The van der Waals surface area contributed by atoms with Crippen LogP contribution in [-0.2, 0) is 18.4 Å². The van der Waals surface area contributed by atoms with Gasteiger partial charge in [-0.2, -0.15) is 5.10 Å². The molecule has 16 heavy (non-hydrogen) atoms. The van der Waals surface area contributed by atoms with E-state index in [1.807, 2.05) is 26.2 Å². The smallest absolute Gasteiger partial charge is 0.240 e. The Morgan fingerprint density at radius 3 is 2.88 bits per heavy atom. The highest BCUT2D eigenvalue weighted by molar-refractivity contribution is 5.85. The van der Waals surface area contributed by atoms with Gasteiger partial charge in [-0.1, -0.05) is 13.3 Å². The van der Waals surface area contributed by atoms with E-state index in [0.717, 1.165) is 12.1 Å². The van der Waals surface area contributed by atoms with E-state index in [9.17, 15) is 4.79 Å². The van der Waals surface area contributed by atoms with Gasteiger partial charge in [0.2, 0.25) is 5.91 Å². The van der Waals surface area contributed by atoms with Crippen molar-refractivity contribution in [3.05, 3.63) is 18.0 Å². The molecule has 0 aliphatic carbocycles. The van der Waals surface area contributed by atoms with Crippen LogP contribution in [-0.4, -0.2) is 21.2 Å². The van der Waals surface area contributed by atoms with Gasteiger partial charge in [0.25, 0.3) is 0 Å². The number of amides is 1. The SMILES string of the molecule is CCCC(C)(N)C(=O)NCc1ccn(C)n1. The predicted octanol–water partition coefficient (Wildman–Crippen LogP) is 0.554. The van der Waals surface area contributed by atoms with Gasteiger partial charge in [0, 0.05) is 13.2 Å². The third-order valence-electron chi connectivity index (χ3n) is 2.49. The van der Waals surface area contributed by atoms with E-state index < -0.39 is 5.54 Å². The number of nitrogens with one attached hydrogen (secondary N) is 1. The summed E-state index contributed by atoms with van der Waals surface area (Å²) in [5.41, 5.74) is 5.95. The summed E-state index contributed by atoms with van der Waals surface area (Å²) in [6.45, 7) is 4.19. The molecule has 90 valence electrons. The molecule has 0 spiro atoms. The van der Waals surface area contributed by atoms with Crippen molar-refractivity contribution in [2.45, 2.75) is 38.8 Å². The van der Waals surface area contributed by atoms with Crippen LogP contribution in [0.1, 0.15) is 32.4 Å². The molecule has 0 aliphatic rings. The zero-order chi connectivity index (χ0) is 12.2. The first-order chi connectivity index (χ1) is 7.45. The summed E-state index contributed by atoms with van der Waals surface area (Å²) >= 11 is 0. The molecule has 5 heteroatoms. The fourth-order valence-corrected chi connectivity index (χ4v) is 1.56. The first kappa shape index (κ1) is 12.7. The highest BCUT2D eigenvalue weighted by Crippen LogP contribution is 2.08. The number of hydrogen-bond donors (Lipinski definition) is 2. The molecule has 3 N–H and O–H groups in total. The molecular weight excluding hydrogens is 204 g/mol. The summed E-state index contributed by atoms with van der Waals surface area (Å²) in [6, 6.07) is 1.87. The van der Waals surface area contributed by atoms with Crippen LogP contribution >= 0.6 is 0 Å². The monoisotopic (exact) mass is 224 g/mol. The van der Waals surface area contributed by atoms with Crippen molar-refractivity contribution in [3.8, 4) is 0 Å². The first-order valence-electron chi connectivity index (χ1n) is 5.51. The lowest BCUT2D eigenvalue weighted by atomic mass is 9.96. The Morgan fingerprint density at radius 1 is 1.69 bits per heavy atom. The molecular formula is C11H20N4O. The molecule has 0 bridgehead atoms. The Bertz CT molecular complexity index is 357. The van der Waals surface area contributed by atoms with Crippen molar-refractivity contribution in [2.24, 2.45) is 12.8 Å². The minimum atomic E-state index is -0.788. The molecule has 0 saturated carbocycles. The second-order valence-electron chi connectivity index (χ2n) is 4.33. The predicted molar refractivity (Wildman–Crippen MR) is 62.6 cm³/mol. The van der Waals surface area contributed by atoms with E-state index in [-0.39, 0.29) is 5.91 Å². The number of hydrogen-bond acceptors (Lipinski definition) is 3. The third kappa shape index (κ3) is 3.34. The Kier molecular flexibility index (Phi) is 4.06. The maximum absolute atomic E-state index is 11.8. The van der Waals surface area contributed by atoms with Crippen molar-refractivity contribution in [2.75, 3.05) is 0 Å². The van der Waals surface area contributed by atoms with E-state index in [0.29, 0.717) is 13.0 Å². The summed E-state index contributed by atoms with van der Waals surface area (Å²) in [4.78, 5) is 11.8. The molecule has 1 rings (SSSR count). The average molecular weight is 224 g/mol. The largest absolute Gasteiger partial charge is 0.349 e. The van der Waals surface area contributed by atoms with E-state index in [2.05, 4.69) is 10.4 Å². The first-order valence-corrected chi connectivity index (χ1v) is 5.51. The molecule has 1 heterocycles. The molecule has 1 aromatic heterocycles. The molecule has 1 amide bonds. The second-order valence-corrected chi connectivity index (χ2v) is 4.33. The van der Waals surface area contributed by atoms with Crippen LogP contribution in [0.3, 0.4) is 0 Å². The van der Waals surface area contributed by atoms with Crippen LogP contribution in [0.25, 0.3) is 0 Å². The van der Waals surface area contributed by atoms with E-state index in [1.165, 1.54) is 0 Å². The topological polar surface area (TPSA) is 72.9 Å². The summed E-state index contributed by atoms with van der Waals surface area (Å²) in [5.74, 6) is -0.125. The molecule has 5 nitrogen and oxygen atoms in total. The lowest BCUT2D eigenvalue weighted by molar-refractivity contribution is -0.126. The van der Waals surface area contributed by atoms with Crippen LogP contribution in [0.15, 0.2) is 12.3 Å².